The van der Waals surface area contributed by atoms with E-state index in [-0.39, 0.29) is 17.2 Å². The molecule has 1 saturated carbocycles. The molecule has 9 heteroatoms. The van der Waals surface area contributed by atoms with Gasteiger partial charge in [-0.25, -0.2) is 18.2 Å². The molecule has 8 nitrogen and oxygen atoms in total. The van der Waals surface area contributed by atoms with Crippen molar-refractivity contribution < 1.29 is 13.2 Å². The SMILES string of the molecule is C=CCN(C(=O)n1cnc(S(=O)(=O)N(CC)CC)n1)C1CCCCC1. The van der Waals surface area contributed by atoms with Crippen molar-refractivity contribution >= 4 is 16.1 Å². The lowest BCUT2D eigenvalue weighted by Crippen LogP contribution is -2.44. The summed E-state index contributed by atoms with van der Waals surface area (Å²) in [5, 5.41) is 3.61. The van der Waals surface area contributed by atoms with Gasteiger partial charge in [-0.15, -0.1) is 11.7 Å². The van der Waals surface area contributed by atoms with Crippen LogP contribution in [-0.4, -0.2) is 64.1 Å². The minimum absolute atomic E-state index is 0.131. The Bertz CT molecular complexity index is 690. The first-order valence-corrected chi connectivity index (χ1v) is 10.2. The van der Waals surface area contributed by atoms with Crippen LogP contribution in [0.2, 0.25) is 0 Å². The number of amides is 1. The first-order chi connectivity index (χ1) is 12.0. The monoisotopic (exact) mass is 369 g/mol. The lowest BCUT2D eigenvalue weighted by molar-refractivity contribution is 0.162. The summed E-state index contributed by atoms with van der Waals surface area (Å²) in [7, 11) is -3.78. The maximum Gasteiger partial charge on any atom is 0.346 e. The van der Waals surface area contributed by atoms with Gasteiger partial charge in [0.05, 0.1) is 0 Å². The Hall–Kier alpha value is -1.74. The van der Waals surface area contributed by atoms with Gasteiger partial charge in [0.15, 0.2) is 0 Å². The molecule has 1 heterocycles. The van der Waals surface area contributed by atoms with E-state index >= 15 is 0 Å². The molecule has 0 N–H and O–H groups in total. The summed E-state index contributed by atoms with van der Waals surface area (Å²) in [4.78, 5) is 18.4. The van der Waals surface area contributed by atoms with E-state index in [9.17, 15) is 13.2 Å². The molecule has 1 aromatic rings. The van der Waals surface area contributed by atoms with Crippen LogP contribution in [-0.2, 0) is 10.0 Å². The van der Waals surface area contributed by atoms with Crippen LogP contribution < -0.4 is 0 Å². The number of carbonyl (C=O) groups is 1. The molecule has 0 spiro atoms. The highest BCUT2D eigenvalue weighted by Gasteiger charge is 2.30. The second kappa shape index (κ2) is 8.57. The fourth-order valence-corrected chi connectivity index (χ4v) is 4.47. The summed E-state index contributed by atoms with van der Waals surface area (Å²) >= 11 is 0. The third-order valence-corrected chi connectivity index (χ3v) is 6.37. The lowest BCUT2D eigenvalue weighted by atomic mass is 9.94. The average Bonchev–Trinajstić information content (AvgIpc) is 3.11. The zero-order valence-corrected chi connectivity index (χ0v) is 15.8. The summed E-state index contributed by atoms with van der Waals surface area (Å²) in [6.45, 7) is 8.27. The average molecular weight is 369 g/mol. The van der Waals surface area contributed by atoms with E-state index in [2.05, 4.69) is 16.7 Å². The van der Waals surface area contributed by atoms with E-state index in [0.717, 1.165) is 30.4 Å². The van der Waals surface area contributed by atoms with Crippen molar-refractivity contribution in [2.24, 2.45) is 0 Å². The van der Waals surface area contributed by atoms with E-state index < -0.39 is 10.0 Å². The Labute approximate surface area is 149 Å². The van der Waals surface area contributed by atoms with E-state index in [1.54, 1.807) is 24.8 Å². The van der Waals surface area contributed by atoms with Crippen molar-refractivity contribution in [1.29, 1.82) is 0 Å². The molecule has 2 rings (SSSR count). The van der Waals surface area contributed by atoms with E-state index in [0.29, 0.717) is 19.6 Å². The van der Waals surface area contributed by atoms with Crippen LogP contribution in [0.5, 0.6) is 0 Å². The minimum Gasteiger partial charge on any atom is -0.316 e. The molecule has 1 aliphatic rings. The molecule has 140 valence electrons. The van der Waals surface area contributed by atoms with Crippen LogP contribution in [0.1, 0.15) is 46.0 Å². The molecule has 1 amide bonds. The second-order valence-electron chi connectivity index (χ2n) is 6.08. The smallest absolute Gasteiger partial charge is 0.316 e. The molecule has 0 bridgehead atoms. The number of nitrogens with zero attached hydrogens (tertiary/aromatic N) is 5. The molecule has 0 unspecified atom stereocenters. The van der Waals surface area contributed by atoms with Gasteiger partial charge >= 0.3 is 6.03 Å². The van der Waals surface area contributed by atoms with Gasteiger partial charge in [-0.2, -0.15) is 8.99 Å². The predicted octanol–water partition coefficient (Wildman–Crippen LogP) is 2.10. The van der Waals surface area contributed by atoms with Gasteiger partial charge in [0.1, 0.15) is 6.33 Å². The van der Waals surface area contributed by atoms with Crippen LogP contribution in [0.15, 0.2) is 24.1 Å². The van der Waals surface area contributed by atoms with Gasteiger partial charge in [0.2, 0.25) is 0 Å². The molecule has 0 aromatic carbocycles. The quantitative estimate of drug-likeness (QED) is 0.687. The highest BCUT2D eigenvalue weighted by molar-refractivity contribution is 7.88. The lowest BCUT2D eigenvalue weighted by Gasteiger charge is -2.33. The predicted molar refractivity (Wildman–Crippen MR) is 94.7 cm³/mol. The van der Waals surface area contributed by atoms with E-state index in [1.165, 1.54) is 17.1 Å². The van der Waals surface area contributed by atoms with Crippen LogP contribution in [0.3, 0.4) is 0 Å². The van der Waals surface area contributed by atoms with Crippen LogP contribution in [0.4, 0.5) is 4.79 Å². The van der Waals surface area contributed by atoms with Crippen molar-refractivity contribution in [3.8, 4) is 0 Å². The van der Waals surface area contributed by atoms with Crippen molar-refractivity contribution in [2.75, 3.05) is 19.6 Å². The van der Waals surface area contributed by atoms with Crippen LogP contribution in [0.25, 0.3) is 0 Å². The number of aromatic nitrogens is 3. The Morgan fingerprint density at radius 2 is 1.96 bits per heavy atom. The van der Waals surface area contributed by atoms with Gasteiger partial charge in [-0.05, 0) is 12.8 Å². The second-order valence-corrected chi connectivity index (χ2v) is 7.91. The first kappa shape index (κ1) is 19.6. The molecular formula is C16H27N5O3S. The maximum atomic E-state index is 12.8. The third-order valence-electron chi connectivity index (χ3n) is 4.53. The molecule has 0 atom stereocenters. The fraction of sp³-hybridized carbons (Fsp3) is 0.688. The van der Waals surface area contributed by atoms with Gasteiger partial charge < -0.3 is 4.90 Å². The molecule has 0 saturated heterocycles. The summed E-state index contributed by atoms with van der Waals surface area (Å²) in [5.74, 6) is 0. The zero-order valence-electron chi connectivity index (χ0n) is 15.0. The zero-order chi connectivity index (χ0) is 18.4. The van der Waals surface area contributed by atoms with Gasteiger partial charge in [-0.1, -0.05) is 39.2 Å². The number of carbonyl (C=O) groups excluding carboxylic acids is 1. The summed E-state index contributed by atoms with van der Waals surface area (Å²) in [5.41, 5.74) is 0. The molecule has 1 aliphatic carbocycles. The maximum absolute atomic E-state index is 12.8. The Balaban J connectivity index is 2.24. The van der Waals surface area contributed by atoms with Gasteiger partial charge in [-0.3, -0.25) is 0 Å². The molecule has 1 fully saturated rings. The van der Waals surface area contributed by atoms with Crippen molar-refractivity contribution in [1.82, 2.24) is 24.0 Å². The number of hydrogen-bond acceptors (Lipinski definition) is 5. The highest BCUT2D eigenvalue weighted by atomic mass is 32.2. The van der Waals surface area contributed by atoms with Crippen molar-refractivity contribution in [2.45, 2.75) is 57.1 Å². The van der Waals surface area contributed by atoms with E-state index in [4.69, 9.17) is 0 Å². The Morgan fingerprint density at radius 1 is 1.32 bits per heavy atom. The summed E-state index contributed by atoms with van der Waals surface area (Å²) in [6.07, 6.45) is 8.10. The Morgan fingerprint density at radius 3 is 2.52 bits per heavy atom. The molecule has 25 heavy (non-hydrogen) atoms. The normalized spacial score (nSPS) is 16.1. The number of hydrogen-bond donors (Lipinski definition) is 0. The van der Waals surface area contributed by atoms with Crippen molar-refractivity contribution in [3.05, 3.63) is 19.0 Å². The van der Waals surface area contributed by atoms with Crippen LogP contribution in [0, 0.1) is 0 Å². The number of sulfonamides is 1. The summed E-state index contributed by atoms with van der Waals surface area (Å²) in [6, 6.07) is -0.230. The molecule has 0 radical (unpaired) electrons. The Kier molecular flexibility index (Phi) is 6.71. The fourth-order valence-electron chi connectivity index (χ4n) is 3.18. The van der Waals surface area contributed by atoms with E-state index in [1.807, 2.05) is 0 Å². The topological polar surface area (TPSA) is 88.4 Å². The largest absolute Gasteiger partial charge is 0.346 e. The van der Waals surface area contributed by atoms with Gasteiger partial charge in [0, 0.05) is 25.7 Å². The standard InChI is InChI=1S/C16H27N5O3S/c1-4-12-20(14-10-8-7-9-11-14)16(22)21-13-17-15(18-21)25(23,24)19(5-2)6-3/h4,13-14H,1,5-12H2,2-3H3. The molecule has 1 aromatic heterocycles. The minimum atomic E-state index is -3.78. The summed E-state index contributed by atoms with van der Waals surface area (Å²) < 4.78 is 27.2. The molecule has 0 aliphatic heterocycles. The molecular weight excluding hydrogens is 342 g/mol. The van der Waals surface area contributed by atoms with Crippen molar-refractivity contribution in [3.63, 3.8) is 0 Å². The van der Waals surface area contributed by atoms with Crippen LogP contribution >= 0.6 is 0 Å². The third kappa shape index (κ3) is 4.27. The van der Waals surface area contributed by atoms with Gasteiger partial charge in [0.25, 0.3) is 15.2 Å². The number of rotatable bonds is 7. The first-order valence-electron chi connectivity index (χ1n) is 8.79. The highest BCUT2D eigenvalue weighted by Crippen LogP contribution is 2.23.